The minimum Gasteiger partial charge on any atom is -0.397 e. The molecule has 0 aromatic rings. The summed E-state index contributed by atoms with van der Waals surface area (Å²) in [7, 11) is -1.60. The second kappa shape index (κ2) is 12.0. The topological polar surface area (TPSA) is 63.5 Å². The molecular formula is C16H34N2O4Si. The molecule has 1 N–H and O–H groups in total. The Morgan fingerprint density at radius 2 is 2.00 bits per heavy atom. The van der Waals surface area contributed by atoms with Gasteiger partial charge in [0.15, 0.2) is 0 Å². The van der Waals surface area contributed by atoms with E-state index in [9.17, 15) is 5.11 Å². The van der Waals surface area contributed by atoms with Crippen molar-refractivity contribution in [1.29, 1.82) is 0 Å². The van der Waals surface area contributed by atoms with Crippen LogP contribution in [0.25, 0.3) is 0 Å². The van der Waals surface area contributed by atoms with E-state index in [2.05, 4.69) is 16.8 Å². The number of aliphatic hydroxyl groups excluding tert-OH is 1. The van der Waals surface area contributed by atoms with Gasteiger partial charge < -0.3 is 23.6 Å². The molecule has 0 radical (unpaired) electrons. The van der Waals surface area contributed by atoms with Crippen LogP contribution in [0.15, 0.2) is 4.99 Å². The Labute approximate surface area is 142 Å². The fourth-order valence-electron chi connectivity index (χ4n) is 2.62. The van der Waals surface area contributed by atoms with E-state index in [4.69, 9.17) is 13.6 Å². The summed E-state index contributed by atoms with van der Waals surface area (Å²) in [6, 6.07) is 0. The molecule has 23 heavy (non-hydrogen) atoms. The Morgan fingerprint density at radius 3 is 2.61 bits per heavy atom. The number of aliphatic imine (C=N–C) groups is 1. The number of rotatable bonds is 12. The summed E-state index contributed by atoms with van der Waals surface area (Å²) in [6.07, 6.45) is 1.50. The van der Waals surface area contributed by atoms with Crippen molar-refractivity contribution in [3.63, 3.8) is 0 Å². The molecule has 6 nitrogen and oxygen atoms in total. The van der Waals surface area contributed by atoms with Gasteiger partial charge in [0.2, 0.25) is 0 Å². The quantitative estimate of drug-likeness (QED) is 0.429. The highest BCUT2D eigenvalue weighted by molar-refractivity contribution is 6.46. The Hall–Kier alpha value is -0.473. The molecule has 1 aliphatic rings. The number of hydrogen-bond acceptors (Lipinski definition) is 6. The Morgan fingerprint density at radius 1 is 1.30 bits per heavy atom. The monoisotopic (exact) mass is 346 g/mol. The lowest BCUT2D eigenvalue weighted by molar-refractivity contribution is 0.0239. The van der Waals surface area contributed by atoms with Gasteiger partial charge >= 0.3 is 9.28 Å². The van der Waals surface area contributed by atoms with Crippen molar-refractivity contribution >= 4 is 15.1 Å². The highest BCUT2D eigenvalue weighted by atomic mass is 28.3. The smallest absolute Gasteiger partial charge is 0.324 e. The van der Waals surface area contributed by atoms with Crippen LogP contribution in [0, 0.1) is 0 Å². The molecule has 1 aliphatic heterocycles. The molecule has 1 heterocycles. The average molecular weight is 347 g/mol. The van der Waals surface area contributed by atoms with Gasteiger partial charge in [-0.25, -0.2) is 0 Å². The standard InChI is InChI=1S/C16H34N2O4Si/c1-5-21-23(22-6-2)14(3)8-11-20-13-16(19)12-18-10-7-9-17-15(18)4/h14,16,19,23H,5-13H2,1-4H3. The van der Waals surface area contributed by atoms with Crippen LogP contribution in [0.1, 0.15) is 40.5 Å². The van der Waals surface area contributed by atoms with E-state index in [1.807, 2.05) is 20.8 Å². The van der Waals surface area contributed by atoms with Gasteiger partial charge in [0.1, 0.15) is 0 Å². The van der Waals surface area contributed by atoms with Crippen molar-refractivity contribution in [2.24, 2.45) is 4.99 Å². The number of amidine groups is 1. The Bertz CT molecular complexity index is 338. The Balaban J connectivity index is 2.17. The maximum Gasteiger partial charge on any atom is 0.324 e. The zero-order valence-corrected chi connectivity index (χ0v) is 16.3. The zero-order chi connectivity index (χ0) is 17.1. The van der Waals surface area contributed by atoms with E-state index in [1.165, 1.54) is 0 Å². The van der Waals surface area contributed by atoms with Crippen LogP contribution >= 0.6 is 0 Å². The third-order valence-corrected chi connectivity index (χ3v) is 6.56. The van der Waals surface area contributed by atoms with Crippen molar-refractivity contribution in [2.75, 3.05) is 46.1 Å². The summed E-state index contributed by atoms with van der Waals surface area (Å²) in [6.45, 7) is 13.1. The first-order valence-corrected chi connectivity index (χ1v) is 10.4. The van der Waals surface area contributed by atoms with E-state index in [1.54, 1.807) is 0 Å². The lowest BCUT2D eigenvalue weighted by Crippen LogP contribution is -2.41. The van der Waals surface area contributed by atoms with E-state index in [0.29, 0.717) is 38.5 Å². The number of β-amino-alcohol motifs (C(OH)–C–C–N with tert-alkyl or cyclic N) is 1. The summed E-state index contributed by atoms with van der Waals surface area (Å²) in [5.74, 6) is 1.02. The van der Waals surface area contributed by atoms with Gasteiger partial charge in [-0.2, -0.15) is 0 Å². The summed E-state index contributed by atoms with van der Waals surface area (Å²) in [4.78, 5) is 6.54. The van der Waals surface area contributed by atoms with Crippen LogP contribution in [0.5, 0.6) is 0 Å². The number of hydrogen-bond donors (Lipinski definition) is 1. The highest BCUT2D eigenvalue weighted by Crippen LogP contribution is 2.16. The zero-order valence-electron chi connectivity index (χ0n) is 15.2. The molecule has 0 aromatic heterocycles. The van der Waals surface area contributed by atoms with Crippen molar-refractivity contribution in [1.82, 2.24) is 4.90 Å². The van der Waals surface area contributed by atoms with Crippen LogP contribution in [0.4, 0.5) is 0 Å². The maximum absolute atomic E-state index is 10.1. The van der Waals surface area contributed by atoms with Gasteiger partial charge in [0.05, 0.1) is 18.5 Å². The predicted octanol–water partition coefficient (Wildman–Crippen LogP) is 1.56. The second-order valence-electron chi connectivity index (χ2n) is 6.00. The van der Waals surface area contributed by atoms with Crippen LogP contribution < -0.4 is 0 Å². The van der Waals surface area contributed by atoms with E-state index in [-0.39, 0.29) is 0 Å². The van der Waals surface area contributed by atoms with Gasteiger partial charge in [0.25, 0.3) is 0 Å². The van der Waals surface area contributed by atoms with Gasteiger partial charge in [-0.15, -0.1) is 0 Å². The first-order chi connectivity index (χ1) is 11.1. The van der Waals surface area contributed by atoms with Crippen LogP contribution in [-0.4, -0.2) is 77.3 Å². The van der Waals surface area contributed by atoms with Crippen LogP contribution in [-0.2, 0) is 13.6 Å². The highest BCUT2D eigenvalue weighted by Gasteiger charge is 2.21. The number of nitrogens with zero attached hydrogens (tertiary/aromatic N) is 2. The van der Waals surface area contributed by atoms with E-state index in [0.717, 1.165) is 31.8 Å². The molecule has 0 fully saturated rings. The van der Waals surface area contributed by atoms with Crippen molar-refractivity contribution in [3.05, 3.63) is 0 Å². The molecule has 2 atom stereocenters. The fraction of sp³-hybridized carbons (Fsp3) is 0.938. The molecule has 1 rings (SSSR count). The van der Waals surface area contributed by atoms with E-state index >= 15 is 0 Å². The second-order valence-corrected chi connectivity index (χ2v) is 8.54. The molecule has 0 amide bonds. The number of ether oxygens (including phenoxy) is 1. The Kier molecular flexibility index (Phi) is 10.7. The first kappa shape index (κ1) is 20.6. The molecule has 0 aromatic carbocycles. The third-order valence-electron chi connectivity index (χ3n) is 3.97. The number of aliphatic hydroxyl groups is 1. The molecule has 136 valence electrons. The third kappa shape index (κ3) is 8.26. The van der Waals surface area contributed by atoms with Gasteiger partial charge in [0, 0.05) is 39.5 Å². The molecular weight excluding hydrogens is 312 g/mol. The van der Waals surface area contributed by atoms with Gasteiger partial charge in [-0.3, -0.25) is 4.99 Å². The van der Waals surface area contributed by atoms with Crippen molar-refractivity contribution in [2.45, 2.75) is 52.2 Å². The molecule has 0 saturated heterocycles. The van der Waals surface area contributed by atoms with Crippen molar-refractivity contribution < 1.29 is 18.7 Å². The summed E-state index contributed by atoms with van der Waals surface area (Å²) < 4.78 is 17.1. The van der Waals surface area contributed by atoms with Crippen molar-refractivity contribution in [3.8, 4) is 0 Å². The summed E-state index contributed by atoms with van der Waals surface area (Å²) in [5, 5.41) is 10.1. The predicted molar refractivity (Wildman–Crippen MR) is 95.4 cm³/mol. The minimum absolute atomic E-state index is 0.367. The maximum atomic E-state index is 10.1. The SMILES string of the molecule is CCO[SiH](OCC)C(C)CCOCC(O)CN1CCCN=C1C. The van der Waals surface area contributed by atoms with Crippen LogP contribution in [0.3, 0.4) is 0 Å². The lowest BCUT2D eigenvalue weighted by Gasteiger charge is -2.29. The molecule has 7 heteroatoms. The largest absolute Gasteiger partial charge is 0.397 e. The molecule has 0 spiro atoms. The molecule has 0 aliphatic carbocycles. The normalized spacial score (nSPS) is 18.2. The minimum atomic E-state index is -1.60. The van der Waals surface area contributed by atoms with E-state index < -0.39 is 15.4 Å². The first-order valence-electron chi connectivity index (χ1n) is 8.83. The molecule has 0 bridgehead atoms. The van der Waals surface area contributed by atoms with Gasteiger partial charge in [-0.05, 0) is 39.2 Å². The summed E-state index contributed by atoms with van der Waals surface area (Å²) in [5.41, 5.74) is 0.406. The fourth-order valence-corrected chi connectivity index (χ4v) is 4.44. The summed E-state index contributed by atoms with van der Waals surface area (Å²) >= 11 is 0. The average Bonchev–Trinajstić information content (AvgIpc) is 2.53. The molecule has 0 saturated carbocycles. The van der Waals surface area contributed by atoms with Gasteiger partial charge in [-0.1, -0.05) is 6.92 Å². The molecule has 2 unspecified atom stereocenters. The lowest BCUT2D eigenvalue weighted by atomic mass is 10.2. The van der Waals surface area contributed by atoms with Crippen LogP contribution in [0.2, 0.25) is 5.54 Å².